The highest BCUT2D eigenvalue weighted by Crippen LogP contribution is 2.35. The average molecular weight is 336 g/mol. The maximum absolute atomic E-state index is 11.7. The van der Waals surface area contributed by atoms with Crippen LogP contribution in [0.4, 0.5) is 5.69 Å². The average Bonchev–Trinajstić information content (AvgIpc) is 2.21. The first-order valence-electron chi connectivity index (χ1n) is 5.52. The van der Waals surface area contributed by atoms with Crippen molar-refractivity contribution >= 4 is 39.1 Å². The first-order chi connectivity index (χ1) is 8.31. The molecule has 0 heterocycles. The molecule has 0 fully saturated rings. The molecule has 0 aliphatic heterocycles. The fourth-order valence-corrected chi connectivity index (χ4v) is 2.26. The van der Waals surface area contributed by atoms with E-state index in [1.807, 2.05) is 13.8 Å². The van der Waals surface area contributed by atoms with E-state index in [2.05, 4.69) is 21.2 Å². The lowest BCUT2D eigenvalue weighted by Gasteiger charge is -2.18. The molecule has 0 bridgehead atoms. The maximum Gasteiger partial charge on any atom is 0.260 e. The molecule has 1 aromatic carbocycles. The second-order valence-electron chi connectivity index (χ2n) is 4.23. The summed E-state index contributed by atoms with van der Waals surface area (Å²) in [6.07, 6.45) is -0.632. The molecular formula is C12H16BrClN2O2. The van der Waals surface area contributed by atoms with E-state index in [1.54, 1.807) is 19.1 Å². The van der Waals surface area contributed by atoms with Crippen LogP contribution >= 0.6 is 27.5 Å². The zero-order chi connectivity index (χ0) is 13.9. The number of nitrogen functional groups attached to an aromatic ring is 1. The normalized spacial score (nSPS) is 12.3. The van der Waals surface area contributed by atoms with Crippen LogP contribution in [0.5, 0.6) is 5.75 Å². The number of nitrogens with two attached hydrogens (primary N) is 1. The van der Waals surface area contributed by atoms with Gasteiger partial charge in [-0.2, -0.15) is 0 Å². The molecule has 1 rings (SSSR count). The van der Waals surface area contributed by atoms with Gasteiger partial charge in [0.2, 0.25) is 0 Å². The zero-order valence-electron chi connectivity index (χ0n) is 10.5. The topological polar surface area (TPSA) is 64.3 Å². The lowest BCUT2D eigenvalue weighted by Crippen LogP contribution is -2.40. The molecule has 0 aromatic heterocycles. The third kappa shape index (κ3) is 4.07. The summed E-state index contributed by atoms with van der Waals surface area (Å²) in [5.74, 6) is 0.233. The van der Waals surface area contributed by atoms with Crippen LogP contribution in [0, 0.1) is 0 Å². The maximum atomic E-state index is 11.7. The summed E-state index contributed by atoms with van der Waals surface area (Å²) in [4.78, 5) is 11.7. The summed E-state index contributed by atoms with van der Waals surface area (Å²) >= 11 is 9.15. The van der Waals surface area contributed by atoms with Gasteiger partial charge in [-0.25, -0.2) is 0 Å². The highest BCUT2D eigenvalue weighted by atomic mass is 79.9. The summed E-state index contributed by atoms with van der Waals surface area (Å²) in [5, 5.41) is 3.27. The molecule has 0 radical (unpaired) electrons. The van der Waals surface area contributed by atoms with Crippen molar-refractivity contribution in [3.63, 3.8) is 0 Å². The number of nitrogens with one attached hydrogen (secondary N) is 1. The minimum atomic E-state index is -0.632. The molecule has 6 heteroatoms. The Morgan fingerprint density at radius 3 is 2.56 bits per heavy atom. The number of carbonyl (C=O) groups excluding carboxylic acids is 1. The number of halogens is 2. The monoisotopic (exact) mass is 334 g/mol. The second kappa shape index (κ2) is 6.29. The van der Waals surface area contributed by atoms with Crippen LogP contribution < -0.4 is 15.8 Å². The number of amides is 1. The summed E-state index contributed by atoms with van der Waals surface area (Å²) < 4.78 is 6.17. The standard InChI is InChI=1S/C12H16BrClN2O2/c1-6(2)16-12(17)7(3)18-11-9(13)4-8(14)5-10(11)15/h4-7H,15H2,1-3H3,(H,16,17). The lowest BCUT2D eigenvalue weighted by molar-refractivity contribution is -0.127. The van der Waals surface area contributed by atoms with Gasteiger partial charge in [0.25, 0.3) is 5.91 Å². The molecule has 0 saturated heterocycles. The molecule has 1 amide bonds. The van der Waals surface area contributed by atoms with Crippen LogP contribution in [0.25, 0.3) is 0 Å². The third-order valence-electron chi connectivity index (χ3n) is 2.13. The Kier molecular flexibility index (Phi) is 5.28. The molecule has 1 aromatic rings. The van der Waals surface area contributed by atoms with Crippen molar-refractivity contribution in [3.8, 4) is 5.75 Å². The SMILES string of the molecule is CC(C)NC(=O)C(C)Oc1c(N)cc(Cl)cc1Br. The number of rotatable bonds is 4. The van der Waals surface area contributed by atoms with E-state index in [0.29, 0.717) is 20.9 Å². The second-order valence-corrected chi connectivity index (χ2v) is 5.52. The highest BCUT2D eigenvalue weighted by molar-refractivity contribution is 9.10. The number of ether oxygens (including phenoxy) is 1. The molecule has 0 aliphatic carbocycles. The van der Waals surface area contributed by atoms with Crippen LogP contribution in [0.1, 0.15) is 20.8 Å². The van der Waals surface area contributed by atoms with Gasteiger partial charge in [0.15, 0.2) is 11.9 Å². The van der Waals surface area contributed by atoms with E-state index < -0.39 is 6.10 Å². The molecule has 1 unspecified atom stereocenters. The molecule has 0 saturated carbocycles. The smallest absolute Gasteiger partial charge is 0.260 e. The Balaban J connectivity index is 2.82. The number of hydrogen-bond donors (Lipinski definition) is 2. The van der Waals surface area contributed by atoms with Gasteiger partial charge in [-0.3, -0.25) is 4.79 Å². The van der Waals surface area contributed by atoms with Crippen LogP contribution in [0.3, 0.4) is 0 Å². The highest BCUT2D eigenvalue weighted by Gasteiger charge is 2.18. The van der Waals surface area contributed by atoms with Crippen LogP contribution in [-0.2, 0) is 4.79 Å². The van der Waals surface area contributed by atoms with E-state index in [-0.39, 0.29) is 11.9 Å². The van der Waals surface area contributed by atoms with Gasteiger partial charge < -0.3 is 15.8 Å². The van der Waals surface area contributed by atoms with Gasteiger partial charge in [0.05, 0.1) is 10.2 Å². The quantitative estimate of drug-likeness (QED) is 0.831. The third-order valence-corrected chi connectivity index (χ3v) is 2.94. The Bertz CT molecular complexity index is 429. The van der Waals surface area contributed by atoms with Crippen molar-refractivity contribution in [1.82, 2.24) is 5.32 Å². The van der Waals surface area contributed by atoms with Gasteiger partial charge >= 0.3 is 0 Å². The molecule has 18 heavy (non-hydrogen) atoms. The summed E-state index contributed by atoms with van der Waals surface area (Å²) in [7, 11) is 0. The minimum absolute atomic E-state index is 0.0644. The molecule has 0 spiro atoms. The van der Waals surface area contributed by atoms with Crippen molar-refractivity contribution in [2.45, 2.75) is 32.9 Å². The van der Waals surface area contributed by atoms with Crippen molar-refractivity contribution in [1.29, 1.82) is 0 Å². The number of anilines is 1. The van der Waals surface area contributed by atoms with Gasteiger partial charge in [-0.05, 0) is 48.8 Å². The van der Waals surface area contributed by atoms with E-state index in [4.69, 9.17) is 22.1 Å². The predicted molar refractivity (Wildman–Crippen MR) is 76.9 cm³/mol. The minimum Gasteiger partial charge on any atom is -0.478 e. The molecular weight excluding hydrogens is 320 g/mol. The summed E-state index contributed by atoms with van der Waals surface area (Å²) in [6.45, 7) is 5.44. The van der Waals surface area contributed by atoms with Gasteiger partial charge in [-0.15, -0.1) is 0 Å². The summed E-state index contributed by atoms with van der Waals surface area (Å²) in [5.41, 5.74) is 6.19. The first-order valence-corrected chi connectivity index (χ1v) is 6.70. The fraction of sp³-hybridized carbons (Fsp3) is 0.417. The molecule has 0 aliphatic rings. The van der Waals surface area contributed by atoms with Crippen molar-refractivity contribution in [2.75, 3.05) is 5.73 Å². The van der Waals surface area contributed by atoms with Crippen molar-refractivity contribution in [2.24, 2.45) is 0 Å². The van der Waals surface area contributed by atoms with Crippen LogP contribution in [0.15, 0.2) is 16.6 Å². The van der Waals surface area contributed by atoms with E-state index in [0.717, 1.165) is 0 Å². The Morgan fingerprint density at radius 1 is 1.44 bits per heavy atom. The van der Waals surface area contributed by atoms with Gasteiger partial charge in [-0.1, -0.05) is 11.6 Å². The largest absolute Gasteiger partial charge is 0.478 e. The molecule has 3 N–H and O–H groups in total. The first kappa shape index (κ1) is 15.1. The molecule has 1 atom stereocenters. The van der Waals surface area contributed by atoms with Crippen LogP contribution in [-0.4, -0.2) is 18.1 Å². The fourth-order valence-electron chi connectivity index (χ4n) is 1.34. The number of hydrogen-bond acceptors (Lipinski definition) is 3. The van der Waals surface area contributed by atoms with Gasteiger partial charge in [0, 0.05) is 11.1 Å². The zero-order valence-corrected chi connectivity index (χ0v) is 12.8. The molecule has 4 nitrogen and oxygen atoms in total. The number of carbonyl (C=O) groups is 1. The van der Waals surface area contributed by atoms with Crippen LogP contribution in [0.2, 0.25) is 5.02 Å². The Labute approximate surface area is 120 Å². The van der Waals surface area contributed by atoms with E-state index in [1.165, 1.54) is 0 Å². The Morgan fingerprint density at radius 2 is 2.06 bits per heavy atom. The van der Waals surface area contributed by atoms with E-state index >= 15 is 0 Å². The van der Waals surface area contributed by atoms with Gasteiger partial charge in [0.1, 0.15) is 0 Å². The van der Waals surface area contributed by atoms with Crippen molar-refractivity contribution in [3.05, 3.63) is 21.6 Å². The predicted octanol–water partition coefficient (Wildman–Crippen LogP) is 2.98. The van der Waals surface area contributed by atoms with Crippen molar-refractivity contribution < 1.29 is 9.53 Å². The number of benzene rings is 1. The molecule has 100 valence electrons. The Hall–Kier alpha value is -0.940. The van der Waals surface area contributed by atoms with E-state index in [9.17, 15) is 4.79 Å². The lowest BCUT2D eigenvalue weighted by atomic mass is 10.3. The summed E-state index contributed by atoms with van der Waals surface area (Å²) in [6, 6.07) is 3.31.